The molecule has 0 unspecified atom stereocenters. The van der Waals surface area contributed by atoms with Gasteiger partial charge in [-0.05, 0) is 48.9 Å². The molecule has 132 valence electrons. The Kier molecular flexibility index (Phi) is 5.88. The molecule has 3 aromatic rings. The maximum absolute atomic E-state index is 12.5. The van der Waals surface area contributed by atoms with Crippen LogP contribution in [0, 0.1) is 0 Å². The van der Waals surface area contributed by atoms with Crippen molar-refractivity contribution in [1.29, 1.82) is 0 Å². The summed E-state index contributed by atoms with van der Waals surface area (Å²) in [5.74, 6) is 1.13. The highest BCUT2D eigenvalue weighted by Gasteiger charge is 2.12. The minimum absolute atomic E-state index is 0.202. The molecule has 0 atom stereocenters. The van der Waals surface area contributed by atoms with Gasteiger partial charge in [-0.15, -0.1) is 0 Å². The second-order valence-corrected chi connectivity index (χ2v) is 5.68. The summed E-state index contributed by atoms with van der Waals surface area (Å²) in [7, 11) is 0. The smallest absolute Gasteiger partial charge is 0.259 e. The van der Waals surface area contributed by atoms with Gasteiger partial charge >= 0.3 is 0 Å². The van der Waals surface area contributed by atoms with Gasteiger partial charge in [-0.25, -0.2) is 0 Å². The third-order valence-electron chi connectivity index (χ3n) is 3.79. The van der Waals surface area contributed by atoms with Crippen LogP contribution in [-0.4, -0.2) is 12.5 Å². The molecule has 0 fully saturated rings. The molecular weight excluding hydrogens is 326 g/mol. The van der Waals surface area contributed by atoms with Crippen molar-refractivity contribution in [1.82, 2.24) is 0 Å². The lowest BCUT2D eigenvalue weighted by molar-refractivity contribution is 0.102. The molecule has 0 heterocycles. The molecule has 0 saturated heterocycles. The molecule has 0 aliphatic carbocycles. The predicted octanol–water partition coefficient (Wildman–Crippen LogP) is 4.92. The van der Waals surface area contributed by atoms with E-state index >= 15 is 0 Å². The number of ether oxygens (including phenoxy) is 2. The molecule has 1 amide bonds. The number of hydrogen-bond donors (Lipinski definition) is 1. The van der Waals surface area contributed by atoms with Crippen LogP contribution in [0.2, 0.25) is 0 Å². The predicted molar refractivity (Wildman–Crippen MR) is 103 cm³/mol. The van der Waals surface area contributed by atoms with Gasteiger partial charge in [0.05, 0.1) is 12.2 Å². The number of carbonyl (C=O) groups is 1. The Morgan fingerprint density at radius 2 is 1.54 bits per heavy atom. The van der Waals surface area contributed by atoms with Crippen LogP contribution in [0.5, 0.6) is 11.5 Å². The average Bonchev–Trinajstić information content (AvgIpc) is 2.69. The van der Waals surface area contributed by atoms with Gasteiger partial charge in [-0.2, -0.15) is 0 Å². The van der Waals surface area contributed by atoms with Gasteiger partial charge in [0.15, 0.2) is 0 Å². The Balaban J connectivity index is 1.61. The van der Waals surface area contributed by atoms with Crippen LogP contribution in [0.4, 0.5) is 5.69 Å². The van der Waals surface area contributed by atoms with E-state index in [1.807, 2.05) is 73.7 Å². The molecule has 0 saturated carbocycles. The first-order valence-electron chi connectivity index (χ1n) is 8.56. The molecule has 26 heavy (non-hydrogen) atoms. The Morgan fingerprint density at radius 1 is 0.846 bits per heavy atom. The van der Waals surface area contributed by atoms with Crippen molar-refractivity contribution in [3.8, 4) is 11.5 Å². The average molecular weight is 347 g/mol. The number of benzene rings is 3. The monoisotopic (exact) mass is 347 g/mol. The number of rotatable bonds is 7. The summed E-state index contributed by atoms with van der Waals surface area (Å²) in [6.45, 7) is 2.91. The van der Waals surface area contributed by atoms with Crippen LogP contribution in [-0.2, 0) is 6.61 Å². The summed E-state index contributed by atoms with van der Waals surface area (Å²) in [5.41, 5.74) is 2.32. The minimum atomic E-state index is -0.202. The van der Waals surface area contributed by atoms with Crippen LogP contribution < -0.4 is 14.8 Å². The maximum atomic E-state index is 12.5. The molecular formula is C22H21NO3. The molecule has 0 aliphatic heterocycles. The van der Waals surface area contributed by atoms with E-state index in [2.05, 4.69) is 5.32 Å². The Labute approximate surface area is 153 Å². The summed E-state index contributed by atoms with van der Waals surface area (Å²) in [5, 5.41) is 2.88. The minimum Gasteiger partial charge on any atom is -0.493 e. The van der Waals surface area contributed by atoms with Crippen molar-refractivity contribution in [3.05, 3.63) is 90.0 Å². The van der Waals surface area contributed by atoms with Crippen molar-refractivity contribution in [2.24, 2.45) is 0 Å². The van der Waals surface area contributed by atoms with E-state index in [9.17, 15) is 4.79 Å². The largest absolute Gasteiger partial charge is 0.493 e. The fourth-order valence-corrected chi connectivity index (χ4v) is 2.51. The SMILES string of the molecule is CCOc1ccccc1C(=O)Nc1ccc(OCc2ccccc2)cc1. The summed E-state index contributed by atoms with van der Waals surface area (Å²) < 4.78 is 11.3. The second-order valence-electron chi connectivity index (χ2n) is 5.68. The highest BCUT2D eigenvalue weighted by atomic mass is 16.5. The van der Waals surface area contributed by atoms with Gasteiger partial charge in [0.2, 0.25) is 0 Å². The van der Waals surface area contributed by atoms with Crippen molar-refractivity contribution < 1.29 is 14.3 Å². The summed E-state index contributed by atoms with van der Waals surface area (Å²) in [6.07, 6.45) is 0. The molecule has 4 nitrogen and oxygen atoms in total. The van der Waals surface area contributed by atoms with Crippen LogP contribution in [0.1, 0.15) is 22.8 Å². The first kappa shape index (κ1) is 17.5. The first-order chi connectivity index (χ1) is 12.8. The van der Waals surface area contributed by atoms with E-state index in [4.69, 9.17) is 9.47 Å². The van der Waals surface area contributed by atoms with Gasteiger partial charge in [0.1, 0.15) is 18.1 Å². The number of carbonyl (C=O) groups excluding carboxylic acids is 1. The zero-order valence-corrected chi connectivity index (χ0v) is 14.6. The first-order valence-corrected chi connectivity index (χ1v) is 8.56. The lowest BCUT2D eigenvalue weighted by atomic mass is 10.2. The third kappa shape index (κ3) is 4.63. The van der Waals surface area contributed by atoms with Crippen LogP contribution in [0.25, 0.3) is 0 Å². The van der Waals surface area contributed by atoms with Crippen LogP contribution >= 0.6 is 0 Å². The summed E-state index contributed by atoms with van der Waals surface area (Å²) >= 11 is 0. The van der Waals surface area contributed by atoms with Crippen molar-refractivity contribution in [2.75, 3.05) is 11.9 Å². The molecule has 3 rings (SSSR count). The highest BCUT2D eigenvalue weighted by Crippen LogP contribution is 2.21. The standard InChI is InChI=1S/C22H21NO3/c1-2-25-21-11-7-6-10-20(21)22(24)23-18-12-14-19(15-13-18)26-16-17-8-4-3-5-9-17/h3-15H,2,16H2,1H3,(H,23,24). The molecule has 0 spiro atoms. The maximum Gasteiger partial charge on any atom is 0.259 e. The quantitative estimate of drug-likeness (QED) is 0.660. The van der Waals surface area contributed by atoms with E-state index in [1.54, 1.807) is 12.1 Å². The second kappa shape index (κ2) is 8.72. The van der Waals surface area contributed by atoms with Crippen LogP contribution in [0.3, 0.4) is 0 Å². The zero-order valence-electron chi connectivity index (χ0n) is 14.6. The van der Waals surface area contributed by atoms with Crippen LogP contribution in [0.15, 0.2) is 78.9 Å². The van der Waals surface area contributed by atoms with Gasteiger partial charge in [0, 0.05) is 5.69 Å². The number of anilines is 1. The fourth-order valence-electron chi connectivity index (χ4n) is 2.51. The van der Waals surface area contributed by atoms with Gasteiger partial charge in [0.25, 0.3) is 5.91 Å². The topological polar surface area (TPSA) is 47.6 Å². The molecule has 0 aliphatic rings. The highest BCUT2D eigenvalue weighted by molar-refractivity contribution is 6.06. The molecule has 0 bridgehead atoms. The van der Waals surface area contributed by atoms with Crippen molar-refractivity contribution >= 4 is 11.6 Å². The lowest BCUT2D eigenvalue weighted by Crippen LogP contribution is -2.13. The van der Waals surface area contributed by atoms with E-state index < -0.39 is 0 Å². The molecule has 0 radical (unpaired) electrons. The third-order valence-corrected chi connectivity index (χ3v) is 3.79. The summed E-state index contributed by atoms with van der Waals surface area (Å²) in [6, 6.07) is 24.5. The normalized spacial score (nSPS) is 10.2. The molecule has 4 heteroatoms. The zero-order chi connectivity index (χ0) is 18.2. The number of nitrogens with one attached hydrogen (secondary N) is 1. The van der Waals surface area contributed by atoms with Crippen molar-refractivity contribution in [2.45, 2.75) is 13.5 Å². The Hall–Kier alpha value is -3.27. The van der Waals surface area contributed by atoms with E-state index in [-0.39, 0.29) is 5.91 Å². The van der Waals surface area contributed by atoms with Gasteiger partial charge in [-0.3, -0.25) is 4.79 Å². The van der Waals surface area contributed by atoms with Gasteiger partial charge in [-0.1, -0.05) is 42.5 Å². The van der Waals surface area contributed by atoms with Gasteiger partial charge < -0.3 is 14.8 Å². The molecule has 1 N–H and O–H groups in total. The number of amides is 1. The fraction of sp³-hybridized carbons (Fsp3) is 0.136. The molecule has 0 aromatic heterocycles. The number of hydrogen-bond acceptors (Lipinski definition) is 3. The number of para-hydroxylation sites is 1. The summed E-state index contributed by atoms with van der Waals surface area (Å²) in [4.78, 5) is 12.5. The van der Waals surface area contributed by atoms with E-state index in [0.29, 0.717) is 30.2 Å². The van der Waals surface area contributed by atoms with E-state index in [0.717, 1.165) is 11.3 Å². The van der Waals surface area contributed by atoms with E-state index in [1.165, 1.54) is 0 Å². The van der Waals surface area contributed by atoms with Crippen molar-refractivity contribution in [3.63, 3.8) is 0 Å². The molecule has 3 aromatic carbocycles. The Bertz CT molecular complexity index is 845. The lowest BCUT2D eigenvalue weighted by Gasteiger charge is -2.11. The Morgan fingerprint density at radius 3 is 2.27 bits per heavy atom.